The van der Waals surface area contributed by atoms with Crippen LogP contribution in [0.15, 0.2) is 47.4 Å². The molecule has 6 nitrogen and oxygen atoms in total. The molecule has 2 aromatic carbocycles. The lowest BCUT2D eigenvalue weighted by Gasteiger charge is -2.15. The molecule has 0 aliphatic heterocycles. The van der Waals surface area contributed by atoms with Gasteiger partial charge in [0.25, 0.3) is 5.91 Å². The Bertz CT molecular complexity index is 992. The first-order valence-corrected chi connectivity index (χ1v) is 10.8. The lowest BCUT2D eigenvalue weighted by atomic mass is 10.1. The Kier molecular flexibility index (Phi) is 7.44. The summed E-state index contributed by atoms with van der Waals surface area (Å²) in [6.07, 6.45) is 1.59. The number of hydrogen-bond donors (Lipinski definition) is 2. The minimum Gasteiger partial charge on any atom is -0.352 e. The molecule has 1 atom stereocenters. The molecule has 0 aromatic heterocycles. The third-order valence-corrected chi connectivity index (χ3v) is 5.36. The number of sulfone groups is 1. The van der Waals surface area contributed by atoms with E-state index >= 15 is 0 Å². The van der Waals surface area contributed by atoms with Gasteiger partial charge in [-0.25, -0.2) is 17.2 Å². The van der Waals surface area contributed by atoms with Gasteiger partial charge in [0.2, 0.25) is 5.91 Å². The molecule has 0 aliphatic carbocycles. The summed E-state index contributed by atoms with van der Waals surface area (Å²) in [5.74, 6) is -2.64. The maximum absolute atomic E-state index is 13.5. The average Bonchev–Trinajstić information content (AvgIpc) is 2.64. The van der Waals surface area contributed by atoms with E-state index in [1.54, 1.807) is 19.1 Å². The van der Waals surface area contributed by atoms with Crippen LogP contribution in [0.4, 0.5) is 8.78 Å². The molecule has 0 unspecified atom stereocenters. The van der Waals surface area contributed by atoms with Crippen LogP contribution in [0, 0.1) is 11.6 Å². The molecule has 0 saturated carbocycles. The standard InChI is InChI=1S/C20H22F2N2O4S/c1-13(14-5-8-16(9-6-14)29(2,27)28)24-19(25)4-3-11-23-20(26)17-10-7-15(21)12-18(17)22/h5-10,12-13H,3-4,11H2,1-2H3,(H,23,26)(H,24,25)/t13-/m0/s1. The minimum absolute atomic E-state index is 0.137. The maximum atomic E-state index is 13.5. The molecule has 0 bridgehead atoms. The van der Waals surface area contributed by atoms with Crippen molar-refractivity contribution in [1.82, 2.24) is 10.6 Å². The van der Waals surface area contributed by atoms with Crippen LogP contribution in [-0.4, -0.2) is 33.0 Å². The van der Waals surface area contributed by atoms with E-state index in [0.717, 1.165) is 24.0 Å². The van der Waals surface area contributed by atoms with Crippen molar-refractivity contribution in [3.05, 3.63) is 65.2 Å². The van der Waals surface area contributed by atoms with Crippen molar-refractivity contribution < 1.29 is 26.8 Å². The van der Waals surface area contributed by atoms with Crippen molar-refractivity contribution in [3.8, 4) is 0 Å². The summed E-state index contributed by atoms with van der Waals surface area (Å²) >= 11 is 0. The number of carbonyl (C=O) groups is 2. The molecule has 9 heteroatoms. The molecule has 2 aromatic rings. The largest absolute Gasteiger partial charge is 0.352 e. The Morgan fingerprint density at radius 3 is 2.31 bits per heavy atom. The third kappa shape index (κ3) is 6.63. The van der Waals surface area contributed by atoms with Crippen LogP contribution in [-0.2, 0) is 14.6 Å². The zero-order chi connectivity index (χ0) is 21.6. The minimum atomic E-state index is -3.28. The molecular weight excluding hydrogens is 402 g/mol. The highest BCUT2D eigenvalue weighted by molar-refractivity contribution is 7.90. The summed E-state index contributed by atoms with van der Waals surface area (Å²) in [6.45, 7) is 1.92. The van der Waals surface area contributed by atoms with E-state index in [1.165, 1.54) is 12.1 Å². The zero-order valence-electron chi connectivity index (χ0n) is 16.0. The van der Waals surface area contributed by atoms with E-state index in [0.29, 0.717) is 12.5 Å². The second-order valence-electron chi connectivity index (χ2n) is 6.61. The van der Waals surface area contributed by atoms with Crippen LogP contribution in [0.1, 0.15) is 41.7 Å². The molecule has 2 N–H and O–H groups in total. The van der Waals surface area contributed by atoms with Gasteiger partial charge in [-0.1, -0.05) is 12.1 Å². The monoisotopic (exact) mass is 424 g/mol. The molecule has 0 saturated heterocycles. The first-order chi connectivity index (χ1) is 13.6. The summed E-state index contributed by atoms with van der Waals surface area (Å²) in [4.78, 5) is 24.1. The first kappa shape index (κ1) is 22.5. The van der Waals surface area contributed by atoms with E-state index in [2.05, 4.69) is 10.6 Å². The highest BCUT2D eigenvalue weighted by atomic mass is 32.2. The molecule has 0 heterocycles. The van der Waals surface area contributed by atoms with E-state index in [9.17, 15) is 26.8 Å². The van der Waals surface area contributed by atoms with Gasteiger partial charge in [0.15, 0.2) is 9.84 Å². The van der Waals surface area contributed by atoms with Crippen LogP contribution >= 0.6 is 0 Å². The predicted molar refractivity (Wildman–Crippen MR) is 104 cm³/mol. The van der Waals surface area contributed by atoms with E-state index in [-0.39, 0.29) is 35.4 Å². The summed E-state index contributed by atoms with van der Waals surface area (Å²) in [5.41, 5.74) is 0.493. The number of rotatable bonds is 8. The number of nitrogens with one attached hydrogen (secondary N) is 2. The molecule has 0 aliphatic rings. The molecule has 0 radical (unpaired) electrons. The zero-order valence-corrected chi connectivity index (χ0v) is 16.9. The Hall–Kier alpha value is -2.81. The summed E-state index contributed by atoms with van der Waals surface area (Å²) < 4.78 is 49.3. The summed E-state index contributed by atoms with van der Waals surface area (Å²) in [6, 6.07) is 8.61. The Balaban J connectivity index is 1.77. The highest BCUT2D eigenvalue weighted by Gasteiger charge is 2.14. The van der Waals surface area contributed by atoms with Gasteiger partial charge in [0, 0.05) is 25.3 Å². The maximum Gasteiger partial charge on any atom is 0.254 e. The number of halogens is 2. The van der Waals surface area contributed by atoms with Gasteiger partial charge in [-0.15, -0.1) is 0 Å². The average molecular weight is 424 g/mol. The molecular formula is C20H22F2N2O4S. The van der Waals surface area contributed by atoms with Crippen LogP contribution < -0.4 is 10.6 Å². The van der Waals surface area contributed by atoms with Gasteiger partial charge in [0.05, 0.1) is 16.5 Å². The quantitative estimate of drug-likeness (QED) is 0.638. The van der Waals surface area contributed by atoms with Crippen LogP contribution in [0.5, 0.6) is 0 Å². The van der Waals surface area contributed by atoms with Crippen molar-refractivity contribution in [2.75, 3.05) is 12.8 Å². The second-order valence-corrected chi connectivity index (χ2v) is 8.63. The van der Waals surface area contributed by atoms with Gasteiger partial charge in [-0.05, 0) is 43.2 Å². The number of benzene rings is 2. The van der Waals surface area contributed by atoms with Crippen molar-refractivity contribution in [2.24, 2.45) is 0 Å². The lowest BCUT2D eigenvalue weighted by Crippen LogP contribution is -2.29. The third-order valence-electron chi connectivity index (χ3n) is 4.23. The Morgan fingerprint density at radius 1 is 1.07 bits per heavy atom. The lowest BCUT2D eigenvalue weighted by molar-refractivity contribution is -0.121. The van der Waals surface area contributed by atoms with Gasteiger partial charge < -0.3 is 10.6 Å². The van der Waals surface area contributed by atoms with Gasteiger partial charge in [-0.2, -0.15) is 0 Å². The fourth-order valence-electron chi connectivity index (χ4n) is 2.62. The normalized spacial score (nSPS) is 12.3. The molecule has 0 spiro atoms. The Labute approximate surface area is 168 Å². The predicted octanol–water partition coefficient (Wildman–Crippen LogP) is 2.76. The van der Waals surface area contributed by atoms with E-state index < -0.39 is 27.4 Å². The molecule has 156 valence electrons. The summed E-state index contributed by atoms with van der Waals surface area (Å²) in [5, 5.41) is 5.27. The van der Waals surface area contributed by atoms with E-state index in [1.807, 2.05) is 0 Å². The molecule has 29 heavy (non-hydrogen) atoms. The molecule has 0 fully saturated rings. The van der Waals surface area contributed by atoms with Crippen LogP contribution in [0.25, 0.3) is 0 Å². The van der Waals surface area contributed by atoms with Crippen LogP contribution in [0.3, 0.4) is 0 Å². The smallest absolute Gasteiger partial charge is 0.254 e. The van der Waals surface area contributed by atoms with Crippen molar-refractivity contribution in [1.29, 1.82) is 0 Å². The number of hydrogen-bond acceptors (Lipinski definition) is 4. The topological polar surface area (TPSA) is 92.3 Å². The second kappa shape index (κ2) is 9.60. The van der Waals surface area contributed by atoms with Crippen molar-refractivity contribution in [3.63, 3.8) is 0 Å². The first-order valence-electron chi connectivity index (χ1n) is 8.90. The fraction of sp³-hybridized carbons (Fsp3) is 0.300. The van der Waals surface area contributed by atoms with Gasteiger partial charge >= 0.3 is 0 Å². The van der Waals surface area contributed by atoms with Crippen molar-refractivity contribution in [2.45, 2.75) is 30.7 Å². The highest BCUT2D eigenvalue weighted by Crippen LogP contribution is 2.16. The number of carbonyl (C=O) groups excluding carboxylic acids is 2. The Morgan fingerprint density at radius 2 is 1.72 bits per heavy atom. The van der Waals surface area contributed by atoms with Gasteiger partial charge in [-0.3, -0.25) is 9.59 Å². The molecule has 2 amide bonds. The van der Waals surface area contributed by atoms with Crippen LogP contribution in [0.2, 0.25) is 0 Å². The number of amides is 2. The molecule has 2 rings (SSSR count). The van der Waals surface area contributed by atoms with Crippen molar-refractivity contribution >= 4 is 21.7 Å². The summed E-state index contributed by atoms with van der Waals surface area (Å²) in [7, 11) is -3.28. The van der Waals surface area contributed by atoms with Gasteiger partial charge in [0.1, 0.15) is 11.6 Å². The fourth-order valence-corrected chi connectivity index (χ4v) is 3.25. The SMILES string of the molecule is C[C@H](NC(=O)CCCNC(=O)c1ccc(F)cc1F)c1ccc(S(C)(=O)=O)cc1. The van der Waals surface area contributed by atoms with E-state index in [4.69, 9.17) is 0 Å².